The van der Waals surface area contributed by atoms with Crippen molar-refractivity contribution in [3.63, 3.8) is 0 Å². The number of anilines is 1. The molecule has 90 valence electrons. The van der Waals surface area contributed by atoms with Crippen LogP contribution in [0.15, 0.2) is 18.3 Å². The summed E-state index contributed by atoms with van der Waals surface area (Å²) >= 11 is 5.69. The van der Waals surface area contributed by atoms with Gasteiger partial charge in [0.25, 0.3) is 0 Å². The Morgan fingerprint density at radius 1 is 1.59 bits per heavy atom. The van der Waals surface area contributed by atoms with Gasteiger partial charge in [-0.25, -0.2) is 4.98 Å². The summed E-state index contributed by atoms with van der Waals surface area (Å²) in [6, 6.07) is 3.21. The highest BCUT2D eigenvalue weighted by atomic mass is 35.5. The zero-order chi connectivity index (χ0) is 12.3. The number of rotatable bonds is 3. The fourth-order valence-electron chi connectivity index (χ4n) is 1.73. The molecule has 1 N–H and O–H groups in total. The molecule has 1 aliphatic rings. The van der Waals surface area contributed by atoms with Crippen LogP contribution in [0.4, 0.5) is 5.69 Å². The summed E-state index contributed by atoms with van der Waals surface area (Å²) in [5.41, 5.74) is 0.585. The van der Waals surface area contributed by atoms with Gasteiger partial charge in [-0.15, -0.1) is 0 Å². The SMILES string of the molecule is O=C(CN1CCCC1=O)Nc1ccnc(Cl)c1. The second-order valence-electron chi connectivity index (χ2n) is 3.83. The van der Waals surface area contributed by atoms with E-state index in [4.69, 9.17) is 11.6 Å². The summed E-state index contributed by atoms with van der Waals surface area (Å²) in [5, 5.41) is 2.99. The number of carbonyl (C=O) groups excluding carboxylic acids is 2. The molecule has 1 fully saturated rings. The Morgan fingerprint density at radius 3 is 3.06 bits per heavy atom. The van der Waals surface area contributed by atoms with Gasteiger partial charge in [-0.05, 0) is 18.6 Å². The number of amides is 2. The van der Waals surface area contributed by atoms with Crippen LogP contribution in [0, 0.1) is 0 Å². The molecule has 0 unspecified atom stereocenters. The number of pyridine rings is 1. The van der Waals surface area contributed by atoms with Gasteiger partial charge in [-0.1, -0.05) is 11.6 Å². The lowest BCUT2D eigenvalue weighted by molar-refractivity contribution is -0.131. The van der Waals surface area contributed by atoms with Crippen LogP contribution in [-0.4, -0.2) is 34.8 Å². The average molecular weight is 254 g/mol. The van der Waals surface area contributed by atoms with Crippen LogP contribution in [0.5, 0.6) is 0 Å². The van der Waals surface area contributed by atoms with Gasteiger partial charge in [0.1, 0.15) is 5.15 Å². The fourth-order valence-corrected chi connectivity index (χ4v) is 1.90. The molecule has 2 rings (SSSR count). The molecule has 0 saturated carbocycles. The number of likely N-dealkylation sites (tertiary alicyclic amines) is 1. The highest BCUT2D eigenvalue weighted by Crippen LogP contribution is 2.13. The van der Waals surface area contributed by atoms with E-state index in [0.717, 1.165) is 6.42 Å². The monoisotopic (exact) mass is 253 g/mol. The lowest BCUT2D eigenvalue weighted by Crippen LogP contribution is -2.33. The van der Waals surface area contributed by atoms with E-state index in [1.54, 1.807) is 17.0 Å². The number of aromatic nitrogens is 1. The van der Waals surface area contributed by atoms with Gasteiger partial charge in [0.05, 0.1) is 6.54 Å². The van der Waals surface area contributed by atoms with Gasteiger partial charge >= 0.3 is 0 Å². The second-order valence-corrected chi connectivity index (χ2v) is 4.22. The molecular formula is C11H12ClN3O2. The van der Waals surface area contributed by atoms with Crippen molar-refractivity contribution in [1.29, 1.82) is 0 Å². The molecule has 1 saturated heterocycles. The molecule has 0 bridgehead atoms. The quantitative estimate of drug-likeness (QED) is 0.826. The minimum atomic E-state index is -0.220. The van der Waals surface area contributed by atoms with E-state index in [9.17, 15) is 9.59 Å². The normalized spacial score (nSPS) is 15.1. The molecule has 1 aromatic heterocycles. The predicted molar refractivity (Wildman–Crippen MR) is 63.7 cm³/mol. The smallest absolute Gasteiger partial charge is 0.243 e. The molecule has 0 spiro atoms. The Labute approximate surface area is 104 Å². The summed E-state index contributed by atoms with van der Waals surface area (Å²) in [6.07, 6.45) is 2.88. The van der Waals surface area contributed by atoms with Crippen molar-refractivity contribution in [2.24, 2.45) is 0 Å². The van der Waals surface area contributed by atoms with Gasteiger partial charge in [0.15, 0.2) is 0 Å². The molecule has 0 aromatic carbocycles. The van der Waals surface area contributed by atoms with Crippen LogP contribution < -0.4 is 5.32 Å². The number of halogens is 1. The third-order valence-electron chi connectivity index (χ3n) is 2.52. The van der Waals surface area contributed by atoms with E-state index >= 15 is 0 Å². The molecule has 0 radical (unpaired) electrons. The summed E-state index contributed by atoms with van der Waals surface area (Å²) in [5.74, 6) is -0.185. The highest BCUT2D eigenvalue weighted by molar-refractivity contribution is 6.29. The highest BCUT2D eigenvalue weighted by Gasteiger charge is 2.22. The number of nitrogens with zero attached hydrogens (tertiary/aromatic N) is 2. The standard InChI is InChI=1S/C11H12ClN3O2/c12-9-6-8(3-4-13-9)14-10(16)7-15-5-1-2-11(15)17/h3-4,6H,1-2,5,7H2,(H,13,14,16). The van der Waals surface area contributed by atoms with Crippen LogP contribution in [0.2, 0.25) is 5.15 Å². The second kappa shape index (κ2) is 5.14. The number of carbonyl (C=O) groups is 2. The summed E-state index contributed by atoms with van der Waals surface area (Å²) in [6.45, 7) is 0.752. The van der Waals surface area contributed by atoms with Crippen LogP contribution in [-0.2, 0) is 9.59 Å². The first-order valence-electron chi connectivity index (χ1n) is 5.34. The Bertz CT molecular complexity index is 450. The molecule has 2 heterocycles. The lowest BCUT2D eigenvalue weighted by atomic mass is 10.4. The van der Waals surface area contributed by atoms with Crippen molar-refractivity contribution in [3.8, 4) is 0 Å². The third kappa shape index (κ3) is 3.17. The van der Waals surface area contributed by atoms with Crippen molar-refractivity contribution in [3.05, 3.63) is 23.5 Å². The molecular weight excluding hydrogens is 242 g/mol. The van der Waals surface area contributed by atoms with Gasteiger partial charge < -0.3 is 10.2 Å². The maximum absolute atomic E-state index is 11.7. The lowest BCUT2D eigenvalue weighted by Gasteiger charge is -2.14. The van der Waals surface area contributed by atoms with Crippen LogP contribution >= 0.6 is 11.6 Å². The fraction of sp³-hybridized carbons (Fsp3) is 0.364. The van der Waals surface area contributed by atoms with Gasteiger partial charge in [-0.3, -0.25) is 9.59 Å². The predicted octanol–water partition coefficient (Wildman–Crippen LogP) is 1.30. The Hall–Kier alpha value is -1.62. The number of hydrogen-bond donors (Lipinski definition) is 1. The Kier molecular flexibility index (Phi) is 3.58. The van der Waals surface area contributed by atoms with E-state index in [1.165, 1.54) is 6.20 Å². The zero-order valence-electron chi connectivity index (χ0n) is 9.15. The maximum atomic E-state index is 11.7. The van der Waals surface area contributed by atoms with Crippen molar-refractivity contribution in [2.75, 3.05) is 18.4 Å². The summed E-state index contributed by atoms with van der Waals surface area (Å²) < 4.78 is 0. The maximum Gasteiger partial charge on any atom is 0.243 e. The first-order valence-corrected chi connectivity index (χ1v) is 5.72. The van der Waals surface area contributed by atoms with Crippen molar-refractivity contribution >= 4 is 29.1 Å². The average Bonchev–Trinajstić information content (AvgIpc) is 2.64. The first kappa shape index (κ1) is 11.9. The van der Waals surface area contributed by atoms with Gasteiger partial charge in [-0.2, -0.15) is 0 Å². The summed E-state index contributed by atoms with van der Waals surface area (Å²) in [4.78, 5) is 28.4. The molecule has 1 aliphatic heterocycles. The van der Waals surface area contributed by atoms with Crippen molar-refractivity contribution in [1.82, 2.24) is 9.88 Å². The molecule has 0 aliphatic carbocycles. The van der Waals surface area contributed by atoms with Gasteiger partial charge in [0, 0.05) is 24.8 Å². The molecule has 5 nitrogen and oxygen atoms in total. The largest absolute Gasteiger partial charge is 0.333 e. The van der Waals surface area contributed by atoms with E-state index in [-0.39, 0.29) is 18.4 Å². The molecule has 2 amide bonds. The van der Waals surface area contributed by atoms with Crippen molar-refractivity contribution < 1.29 is 9.59 Å². The number of hydrogen-bond acceptors (Lipinski definition) is 3. The van der Waals surface area contributed by atoms with Crippen molar-refractivity contribution in [2.45, 2.75) is 12.8 Å². The van der Waals surface area contributed by atoms with E-state index in [1.807, 2.05) is 0 Å². The molecule has 6 heteroatoms. The molecule has 0 atom stereocenters. The van der Waals surface area contributed by atoms with E-state index in [2.05, 4.69) is 10.3 Å². The minimum Gasteiger partial charge on any atom is -0.333 e. The van der Waals surface area contributed by atoms with E-state index < -0.39 is 0 Å². The Balaban J connectivity index is 1.91. The minimum absolute atomic E-state index is 0.0351. The molecule has 1 aromatic rings. The zero-order valence-corrected chi connectivity index (χ0v) is 9.91. The third-order valence-corrected chi connectivity index (χ3v) is 2.72. The summed E-state index contributed by atoms with van der Waals surface area (Å²) in [7, 11) is 0. The van der Waals surface area contributed by atoms with E-state index in [0.29, 0.717) is 23.8 Å². The van der Waals surface area contributed by atoms with Crippen LogP contribution in [0.25, 0.3) is 0 Å². The Morgan fingerprint density at radius 2 is 2.41 bits per heavy atom. The van der Waals surface area contributed by atoms with Crippen LogP contribution in [0.3, 0.4) is 0 Å². The van der Waals surface area contributed by atoms with Crippen LogP contribution in [0.1, 0.15) is 12.8 Å². The van der Waals surface area contributed by atoms with Gasteiger partial charge in [0.2, 0.25) is 11.8 Å². The molecule has 17 heavy (non-hydrogen) atoms. The topological polar surface area (TPSA) is 62.3 Å². The number of nitrogens with one attached hydrogen (secondary N) is 1. The first-order chi connectivity index (χ1) is 8.15.